The second-order valence-corrected chi connectivity index (χ2v) is 10.1. The molecule has 2 aromatic carbocycles. The summed E-state index contributed by atoms with van der Waals surface area (Å²) in [6.07, 6.45) is 3.21. The summed E-state index contributed by atoms with van der Waals surface area (Å²) in [6, 6.07) is 11.1. The van der Waals surface area contributed by atoms with Crippen LogP contribution in [0.25, 0.3) is 0 Å². The summed E-state index contributed by atoms with van der Waals surface area (Å²) >= 11 is 6.62. The Bertz CT molecular complexity index is 960. The highest BCUT2D eigenvalue weighted by atomic mass is 79.9. The maximum atomic E-state index is 12.6. The zero-order valence-electron chi connectivity index (χ0n) is 16.0. The second kappa shape index (κ2) is 9.49. The molecule has 2 aromatic rings. The number of amides is 2. The zero-order chi connectivity index (χ0) is 21.0. The lowest BCUT2D eigenvalue weighted by Gasteiger charge is -2.19. The second-order valence-electron chi connectivity index (χ2n) is 6.76. The van der Waals surface area contributed by atoms with E-state index in [1.54, 1.807) is 35.2 Å². The first kappa shape index (κ1) is 22.1. The maximum Gasteiger partial charge on any atom is 0.339 e. The first-order valence-electron chi connectivity index (χ1n) is 9.37. The number of halogens is 2. The van der Waals surface area contributed by atoms with Crippen molar-refractivity contribution in [3.05, 3.63) is 51.4 Å². The molecule has 3 rings (SSSR count). The van der Waals surface area contributed by atoms with Crippen LogP contribution < -0.4 is 9.08 Å². The van der Waals surface area contributed by atoms with Crippen molar-refractivity contribution in [2.45, 2.75) is 31.1 Å². The van der Waals surface area contributed by atoms with Gasteiger partial charge in [-0.15, -0.1) is 0 Å². The van der Waals surface area contributed by atoms with E-state index in [9.17, 15) is 13.2 Å². The Balaban J connectivity index is 1.70. The number of nitrogens with zero attached hydrogens (tertiary/aromatic N) is 2. The van der Waals surface area contributed by atoms with Crippen LogP contribution in [0.2, 0.25) is 0 Å². The van der Waals surface area contributed by atoms with Crippen molar-refractivity contribution in [3.63, 3.8) is 0 Å². The minimum absolute atomic E-state index is 0.0313. The first-order chi connectivity index (χ1) is 13.8. The Morgan fingerprint density at radius 1 is 1.00 bits per heavy atom. The molecular weight excluding hydrogens is 524 g/mol. The minimum Gasteiger partial charge on any atom is -0.379 e. The Labute approximate surface area is 188 Å². The quantitative estimate of drug-likeness (QED) is 0.328. The van der Waals surface area contributed by atoms with Crippen LogP contribution in [0.1, 0.15) is 26.2 Å². The van der Waals surface area contributed by atoms with E-state index in [2.05, 4.69) is 38.8 Å². The van der Waals surface area contributed by atoms with Crippen LogP contribution in [0.5, 0.6) is 5.75 Å². The van der Waals surface area contributed by atoms with Gasteiger partial charge in [0.15, 0.2) is 0 Å². The molecule has 29 heavy (non-hydrogen) atoms. The summed E-state index contributed by atoms with van der Waals surface area (Å²) in [5.41, 5.74) is 0.678. The number of hydrogen-bond acceptors (Lipinski definition) is 4. The average molecular weight is 546 g/mol. The highest BCUT2D eigenvalue weighted by molar-refractivity contribution is 9.11. The van der Waals surface area contributed by atoms with E-state index < -0.39 is 10.1 Å². The largest absolute Gasteiger partial charge is 0.379 e. The molecule has 6 nitrogen and oxygen atoms in total. The van der Waals surface area contributed by atoms with Crippen LogP contribution in [0.3, 0.4) is 0 Å². The topological polar surface area (TPSA) is 66.9 Å². The fraction of sp³-hybridized carbons (Fsp3) is 0.350. The van der Waals surface area contributed by atoms with Crippen LogP contribution in [-0.2, 0) is 10.1 Å². The molecule has 1 aliphatic heterocycles. The molecule has 1 aliphatic rings. The number of urea groups is 1. The van der Waals surface area contributed by atoms with Gasteiger partial charge in [0.2, 0.25) is 0 Å². The Hall–Kier alpha value is -1.58. The number of rotatable bonds is 8. The van der Waals surface area contributed by atoms with E-state index in [0.29, 0.717) is 27.7 Å². The van der Waals surface area contributed by atoms with E-state index in [1.807, 2.05) is 4.90 Å². The molecule has 0 N–H and O–H groups in total. The highest BCUT2D eigenvalue weighted by Gasteiger charge is 2.29. The molecule has 156 valence electrons. The number of anilines is 1. The van der Waals surface area contributed by atoms with Gasteiger partial charge in [-0.2, -0.15) is 8.42 Å². The molecule has 1 fully saturated rings. The third kappa shape index (κ3) is 5.52. The van der Waals surface area contributed by atoms with Gasteiger partial charge >= 0.3 is 16.1 Å². The smallest absolute Gasteiger partial charge is 0.339 e. The summed E-state index contributed by atoms with van der Waals surface area (Å²) in [7, 11) is -3.98. The van der Waals surface area contributed by atoms with Crippen LogP contribution in [0.15, 0.2) is 56.3 Å². The molecule has 0 aromatic heterocycles. The van der Waals surface area contributed by atoms with Crippen molar-refractivity contribution in [2.24, 2.45) is 0 Å². The summed E-state index contributed by atoms with van der Waals surface area (Å²) in [6.45, 7) is 4.17. The number of hydrogen-bond donors (Lipinski definition) is 0. The molecule has 1 saturated heterocycles. The fourth-order valence-electron chi connectivity index (χ4n) is 3.13. The molecule has 0 unspecified atom stereocenters. The van der Waals surface area contributed by atoms with Gasteiger partial charge in [0.25, 0.3) is 0 Å². The van der Waals surface area contributed by atoms with Gasteiger partial charge in [-0.05, 0) is 48.9 Å². The van der Waals surface area contributed by atoms with E-state index in [4.69, 9.17) is 4.18 Å². The number of carbonyl (C=O) groups is 1. The van der Waals surface area contributed by atoms with Crippen LogP contribution in [0, 0.1) is 0 Å². The molecular formula is C20H22Br2N2O4S. The Morgan fingerprint density at radius 3 is 2.28 bits per heavy atom. The van der Waals surface area contributed by atoms with Crippen molar-refractivity contribution in [1.29, 1.82) is 0 Å². The van der Waals surface area contributed by atoms with E-state index in [1.165, 1.54) is 12.1 Å². The van der Waals surface area contributed by atoms with Gasteiger partial charge in [0.05, 0.1) is 0 Å². The summed E-state index contributed by atoms with van der Waals surface area (Å²) in [5, 5.41) is 0. The molecule has 0 spiro atoms. The SMILES string of the molecule is CCCCCN1CCN(c2ccc(S(=O)(=O)Oc3cc(Br)cc(Br)c3)cc2)C1=O. The third-order valence-corrected chi connectivity index (χ3v) is 6.78. The molecule has 0 atom stereocenters. The Kier molecular flexibility index (Phi) is 7.23. The van der Waals surface area contributed by atoms with Gasteiger partial charge in [-0.1, -0.05) is 51.6 Å². The zero-order valence-corrected chi connectivity index (χ0v) is 20.0. The van der Waals surface area contributed by atoms with Gasteiger partial charge in [-0.3, -0.25) is 4.90 Å². The normalized spacial score (nSPS) is 14.5. The number of carbonyl (C=O) groups excluding carboxylic acids is 1. The van der Waals surface area contributed by atoms with Crippen molar-refractivity contribution in [1.82, 2.24) is 4.90 Å². The predicted octanol–water partition coefficient (Wildman–Crippen LogP) is 5.41. The van der Waals surface area contributed by atoms with Crippen molar-refractivity contribution in [2.75, 3.05) is 24.5 Å². The van der Waals surface area contributed by atoms with Crippen LogP contribution >= 0.6 is 31.9 Å². The maximum absolute atomic E-state index is 12.6. The highest BCUT2D eigenvalue weighted by Crippen LogP contribution is 2.28. The van der Waals surface area contributed by atoms with Crippen LogP contribution in [-0.4, -0.2) is 39.0 Å². The van der Waals surface area contributed by atoms with Crippen LogP contribution in [0.4, 0.5) is 10.5 Å². The van der Waals surface area contributed by atoms with Crippen molar-refractivity contribution < 1.29 is 17.4 Å². The lowest BCUT2D eigenvalue weighted by molar-refractivity contribution is 0.219. The monoisotopic (exact) mass is 544 g/mol. The minimum atomic E-state index is -3.98. The summed E-state index contributed by atoms with van der Waals surface area (Å²) in [4.78, 5) is 16.1. The summed E-state index contributed by atoms with van der Waals surface area (Å²) < 4.78 is 31.8. The Morgan fingerprint density at radius 2 is 1.66 bits per heavy atom. The molecule has 0 aliphatic carbocycles. The summed E-state index contributed by atoms with van der Waals surface area (Å²) in [5.74, 6) is 0.202. The van der Waals surface area contributed by atoms with Gasteiger partial charge in [0.1, 0.15) is 10.6 Å². The molecule has 9 heteroatoms. The molecule has 0 radical (unpaired) electrons. The molecule has 1 heterocycles. The lowest BCUT2D eigenvalue weighted by Crippen LogP contribution is -2.32. The van der Waals surface area contributed by atoms with Gasteiger partial charge in [0, 0.05) is 34.3 Å². The standard InChI is InChI=1S/C20H22Br2N2O4S/c1-2-3-4-9-23-10-11-24(20(23)25)17-5-7-19(8-6-17)29(26,27)28-18-13-15(21)12-16(22)14-18/h5-8,12-14H,2-4,9-11H2,1H3. The van der Waals surface area contributed by atoms with Gasteiger partial charge < -0.3 is 9.08 Å². The predicted molar refractivity (Wildman–Crippen MR) is 120 cm³/mol. The van der Waals surface area contributed by atoms with E-state index in [0.717, 1.165) is 25.8 Å². The van der Waals surface area contributed by atoms with Crippen molar-refractivity contribution in [3.8, 4) is 5.75 Å². The van der Waals surface area contributed by atoms with Crippen molar-refractivity contribution >= 4 is 53.7 Å². The fourth-order valence-corrected chi connectivity index (χ4v) is 5.29. The lowest BCUT2D eigenvalue weighted by atomic mass is 10.2. The third-order valence-electron chi connectivity index (χ3n) is 4.61. The number of unbranched alkanes of at least 4 members (excludes halogenated alkanes) is 2. The molecule has 0 bridgehead atoms. The van der Waals surface area contributed by atoms with Gasteiger partial charge in [-0.25, -0.2) is 4.79 Å². The first-order valence-corrected chi connectivity index (χ1v) is 12.4. The average Bonchev–Trinajstić information content (AvgIpc) is 3.01. The van der Waals surface area contributed by atoms with E-state index >= 15 is 0 Å². The molecule has 2 amide bonds. The number of benzene rings is 2. The van der Waals surface area contributed by atoms with E-state index in [-0.39, 0.29) is 16.7 Å². The molecule has 0 saturated carbocycles.